The predicted octanol–water partition coefficient (Wildman–Crippen LogP) is 4.58. The van der Waals surface area contributed by atoms with Crippen LogP contribution in [-0.2, 0) is 0 Å². The molecular weight excluding hydrogens is 446 g/mol. The number of ether oxygens (including phenoxy) is 2. The van der Waals surface area contributed by atoms with Crippen LogP contribution in [-0.4, -0.2) is 65.2 Å². The average molecular weight is 484 g/mol. The Bertz CT molecular complexity index is 1300. The number of anilines is 2. The fraction of sp³-hybridized carbons (Fsp3) is 0.500. The minimum Gasteiger partial charge on any atom is -0.490 e. The van der Waals surface area contributed by atoms with E-state index in [2.05, 4.69) is 5.32 Å². The number of hydrogen-bond acceptors (Lipinski definition) is 8. The lowest BCUT2D eigenvalue weighted by Gasteiger charge is -2.51. The molecule has 0 aliphatic carbocycles. The zero-order valence-electron chi connectivity index (χ0n) is 23.4. The molecule has 35 heavy (non-hydrogen) atoms. The minimum absolute atomic E-state index is 0.0424. The van der Waals surface area contributed by atoms with Crippen LogP contribution in [0.3, 0.4) is 0 Å². The van der Waals surface area contributed by atoms with Crippen molar-refractivity contribution in [2.24, 2.45) is 0 Å². The van der Waals surface area contributed by atoms with Crippen LogP contribution in [0.25, 0.3) is 10.9 Å². The standard InChI is InChI=1S/C26H35N5O4/c1-8-33-21-14-18-19(15-22(21)35-16(2)3)28-25(29-23(18)27-7)31-12-11-30(17(4)26(31,5)6)24(32)20-10-9-13-34-20/h9-10,13-17H,8,11-12H2,1-7H3,(H,27,28,29)/i14D,15D. The number of rotatable bonds is 7. The summed E-state index contributed by atoms with van der Waals surface area (Å²) >= 11 is 0. The van der Waals surface area contributed by atoms with Gasteiger partial charge in [-0.1, -0.05) is 0 Å². The van der Waals surface area contributed by atoms with Gasteiger partial charge in [-0.3, -0.25) is 4.79 Å². The summed E-state index contributed by atoms with van der Waals surface area (Å²) in [6.45, 7) is 12.9. The first-order valence-corrected chi connectivity index (χ1v) is 12.0. The minimum atomic E-state index is -0.548. The van der Waals surface area contributed by atoms with Gasteiger partial charge in [0.2, 0.25) is 5.95 Å². The second-order valence-corrected chi connectivity index (χ2v) is 9.31. The van der Waals surface area contributed by atoms with Crippen molar-refractivity contribution in [2.75, 3.05) is 37.0 Å². The lowest BCUT2D eigenvalue weighted by molar-refractivity contribution is 0.0516. The Morgan fingerprint density at radius 1 is 1.31 bits per heavy atom. The van der Waals surface area contributed by atoms with E-state index >= 15 is 0 Å². The van der Waals surface area contributed by atoms with Crippen molar-refractivity contribution in [1.82, 2.24) is 14.9 Å². The van der Waals surface area contributed by atoms with Gasteiger partial charge in [0.25, 0.3) is 5.91 Å². The van der Waals surface area contributed by atoms with Crippen LogP contribution in [0.1, 0.15) is 54.8 Å². The largest absolute Gasteiger partial charge is 0.490 e. The highest BCUT2D eigenvalue weighted by atomic mass is 16.5. The molecule has 0 bridgehead atoms. The number of nitrogens with zero attached hydrogens (tertiary/aromatic N) is 4. The normalized spacial score (nSPS) is 18.5. The van der Waals surface area contributed by atoms with Crippen LogP contribution in [0.15, 0.2) is 34.9 Å². The van der Waals surface area contributed by atoms with E-state index in [0.29, 0.717) is 48.1 Å². The van der Waals surface area contributed by atoms with E-state index in [1.807, 2.05) is 46.4 Å². The van der Waals surface area contributed by atoms with E-state index < -0.39 is 5.54 Å². The number of carbonyl (C=O) groups excluding carboxylic acids is 1. The van der Waals surface area contributed by atoms with Gasteiger partial charge in [-0.25, -0.2) is 4.98 Å². The molecule has 1 aliphatic rings. The van der Waals surface area contributed by atoms with Crippen molar-refractivity contribution in [3.05, 3.63) is 36.2 Å². The maximum atomic E-state index is 13.1. The number of benzene rings is 1. The smallest absolute Gasteiger partial charge is 0.289 e. The number of fused-ring (bicyclic) bond motifs is 1. The second kappa shape index (κ2) is 9.64. The van der Waals surface area contributed by atoms with Crippen LogP contribution in [0.4, 0.5) is 11.8 Å². The zero-order valence-corrected chi connectivity index (χ0v) is 21.4. The van der Waals surface area contributed by atoms with Crippen LogP contribution in [0, 0.1) is 0 Å². The molecule has 1 amide bonds. The lowest BCUT2D eigenvalue weighted by atomic mass is 9.89. The molecule has 0 saturated carbocycles. The van der Waals surface area contributed by atoms with E-state index in [4.69, 9.17) is 26.6 Å². The highest BCUT2D eigenvalue weighted by Gasteiger charge is 2.44. The summed E-state index contributed by atoms with van der Waals surface area (Å²) in [5.74, 6) is 1.38. The topological polar surface area (TPSA) is 93.0 Å². The summed E-state index contributed by atoms with van der Waals surface area (Å²) in [7, 11) is 1.72. The molecule has 1 N–H and O–H groups in total. The van der Waals surface area contributed by atoms with Gasteiger partial charge in [-0.05, 0) is 59.7 Å². The SMILES string of the molecule is [2H]c1c(OC(C)C)c(OCC)c([2H])c2c(NC)nc(N3CCN(C(=O)c4ccco4)C(C)C3(C)C)nc12. The molecule has 9 nitrogen and oxygen atoms in total. The number of nitrogens with one attached hydrogen (secondary N) is 1. The van der Waals surface area contributed by atoms with Gasteiger partial charge >= 0.3 is 0 Å². The average Bonchev–Trinajstić information content (AvgIpc) is 3.40. The summed E-state index contributed by atoms with van der Waals surface area (Å²) in [5, 5.41) is 3.47. The molecule has 0 radical (unpaired) electrons. The third-order valence-electron chi connectivity index (χ3n) is 6.44. The lowest BCUT2D eigenvalue weighted by Crippen LogP contribution is -2.66. The molecule has 1 aromatic carbocycles. The van der Waals surface area contributed by atoms with Crippen molar-refractivity contribution in [3.8, 4) is 11.5 Å². The Morgan fingerprint density at radius 3 is 2.71 bits per heavy atom. The number of piperazine rings is 1. The summed E-state index contributed by atoms with van der Waals surface area (Å²) in [6.07, 6.45) is 1.28. The van der Waals surface area contributed by atoms with Crippen molar-refractivity contribution < 1.29 is 21.4 Å². The van der Waals surface area contributed by atoms with E-state index in [9.17, 15) is 4.79 Å². The summed E-state index contributed by atoms with van der Waals surface area (Å²) in [4.78, 5) is 26.5. The highest BCUT2D eigenvalue weighted by molar-refractivity contribution is 5.93. The van der Waals surface area contributed by atoms with Gasteiger partial charge < -0.3 is 29.0 Å². The summed E-state index contributed by atoms with van der Waals surface area (Å²) < 4.78 is 34.8. The Kier molecular flexibility index (Phi) is 6.06. The fourth-order valence-electron chi connectivity index (χ4n) is 4.33. The van der Waals surface area contributed by atoms with Crippen molar-refractivity contribution in [2.45, 2.75) is 59.2 Å². The molecule has 1 aliphatic heterocycles. The molecule has 1 fully saturated rings. The van der Waals surface area contributed by atoms with Gasteiger partial charge in [0.15, 0.2) is 17.3 Å². The summed E-state index contributed by atoms with van der Waals surface area (Å²) in [5.41, 5.74) is -0.246. The molecule has 3 aromatic rings. The van der Waals surface area contributed by atoms with Gasteiger partial charge in [0, 0.05) is 31.6 Å². The van der Waals surface area contributed by atoms with Crippen LogP contribution in [0.5, 0.6) is 11.5 Å². The quantitative estimate of drug-likeness (QED) is 0.522. The monoisotopic (exact) mass is 483 g/mol. The number of carbonyl (C=O) groups is 1. The molecule has 188 valence electrons. The maximum Gasteiger partial charge on any atom is 0.289 e. The van der Waals surface area contributed by atoms with Gasteiger partial charge in [-0.2, -0.15) is 4.98 Å². The first-order chi connectivity index (χ1) is 17.5. The molecule has 1 saturated heterocycles. The molecule has 1 unspecified atom stereocenters. The Hall–Kier alpha value is -3.49. The number of amides is 1. The first-order valence-electron chi connectivity index (χ1n) is 13.0. The molecule has 1 atom stereocenters. The van der Waals surface area contributed by atoms with Crippen molar-refractivity contribution >= 4 is 28.6 Å². The molecule has 9 heteroatoms. The maximum absolute atomic E-state index is 13.1. The third-order valence-corrected chi connectivity index (χ3v) is 6.44. The molecular formula is C26H35N5O4. The molecule has 4 rings (SSSR count). The molecule has 3 heterocycles. The van der Waals surface area contributed by atoms with Crippen molar-refractivity contribution in [3.63, 3.8) is 0 Å². The van der Waals surface area contributed by atoms with Gasteiger partial charge in [0.1, 0.15) is 5.82 Å². The van der Waals surface area contributed by atoms with Crippen LogP contribution in [0.2, 0.25) is 0 Å². The number of aromatic nitrogens is 2. The highest BCUT2D eigenvalue weighted by Crippen LogP contribution is 2.38. The number of hydrogen-bond donors (Lipinski definition) is 1. The van der Waals surface area contributed by atoms with Crippen molar-refractivity contribution in [1.29, 1.82) is 0 Å². The second-order valence-electron chi connectivity index (χ2n) is 9.31. The molecule has 2 aromatic heterocycles. The van der Waals surface area contributed by atoms with E-state index in [0.717, 1.165) is 0 Å². The predicted molar refractivity (Wildman–Crippen MR) is 137 cm³/mol. The molecule has 0 spiro atoms. The van der Waals surface area contributed by atoms with Gasteiger partial charge in [-0.15, -0.1) is 0 Å². The summed E-state index contributed by atoms with van der Waals surface area (Å²) in [6, 6.07) is 3.29. The number of furan rings is 1. The first kappa shape index (κ1) is 22.0. The zero-order chi connectivity index (χ0) is 27.1. The fourth-order valence-corrected chi connectivity index (χ4v) is 4.33. The Morgan fingerprint density at radius 2 is 2.09 bits per heavy atom. The van der Waals surface area contributed by atoms with E-state index in [1.54, 1.807) is 24.1 Å². The third kappa shape index (κ3) is 4.59. The van der Waals surface area contributed by atoms with Gasteiger partial charge in [0.05, 0.1) is 38.8 Å². The Balaban J connectivity index is 1.82. The van der Waals surface area contributed by atoms with Crippen LogP contribution < -0.4 is 19.7 Å². The van der Waals surface area contributed by atoms with E-state index in [-0.39, 0.29) is 41.6 Å². The Labute approximate surface area is 209 Å². The van der Waals surface area contributed by atoms with Crippen LogP contribution >= 0.6 is 0 Å². The van der Waals surface area contributed by atoms with E-state index in [1.165, 1.54) is 6.26 Å².